The second kappa shape index (κ2) is 9.89. The van der Waals surface area contributed by atoms with Gasteiger partial charge in [0.15, 0.2) is 0 Å². The molecular formula is C27H29N3O2S. The van der Waals surface area contributed by atoms with Crippen molar-refractivity contribution in [3.63, 3.8) is 0 Å². The van der Waals surface area contributed by atoms with E-state index in [1.807, 2.05) is 53.9 Å². The van der Waals surface area contributed by atoms with Crippen LogP contribution in [-0.4, -0.2) is 35.3 Å². The maximum absolute atomic E-state index is 13.1. The molecule has 2 saturated carbocycles. The topological polar surface area (TPSA) is 61.4 Å². The number of nitrogens with zero attached hydrogens (tertiary/aromatic N) is 1. The number of benzene rings is 2. The van der Waals surface area contributed by atoms with E-state index in [1.165, 1.54) is 0 Å². The highest BCUT2D eigenvalue weighted by Crippen LogP contribution is 2.29. The Bertz CT molecular complexity index is 1070. The maximum Gasteiger partial charge on any atom is 0.251 e. The Balaban J connectivity index is 1.22. The van der Waals surface area contributed by atoms with Crippen LogP contribution in [0.1, 0.15) is 58.1 Å². The van der Waals surface area contributed by atoms with Crippen LogP contribution in [0.15, 0.2) is 72.1 Å². The predicted octanol–water partition coefficient (Wildman–Crippen LogP) is 4.51. The minimum Gasteiger partial charge on any atom is -0.349 e. The summed E-state index contributed by atoms with van der Waals surface area (Å²) in [4.78, 5) is 28.7. The van der Waals surface area contributed by atoms with Crippen molar-refractivity contribution < 1.29 is 9.59 Å². The van der Waals surface area contributed by atoms with Crippen LogP contribution in [0.2, 0.25) is 0 Å². The lowest BCUT2D eigenvalue weighted by molar-refractivity contribution is -0.123. The summed E-state index contributed by atoms with van der Waals surface area (Å²) in [7, 11) is 0. The Morgan fingerprint density at radius 1 is 0.939 bits per heavy atom. The highest BCUT2D eigenvalue weighted by atomic mass is 32.1. The Kier molecular flexibility index (Phi) is 6.55. The second-order valence-electron chi connectivity index (χ2n) is 9.01. The monoisotopic (exact) mass is 459 g/mol. The molecule has 0 spiro atoms. The summed E-state index contributed by atoms with van der Waals surface area (Å²) in [6, 6.07) is 22.7. The molecule has 5 nitrogen and oxygen atoms in total. The molecule has 0 bridgehead atoms. The smallest absolute Gasteiger partial charge is 0.251 e. The predicted molar refractivity (Wildman–Crippen MR) is 131 cm³/mol. The summed E-state index contributed by atoms with van der Waals surface area (Å²) in [6.45, 7) is 1.07. The standard InChI is InChI=1S/C27H29N3O2S/c31-25(29-26(24-7-4-16-33-24)20-5-2-1-3-6-20)18-30(23-14-15-23)17-19-8-10-21(11-9-19)27(32)28-22-12-13-22/h1-11,16,22-23,26H,12-15,17-18H2,(H,28,32)(H,29,31). The fourth-order valence-electron chi connectivity index (χ4n) is 4.06. The van der Waals surface area contributed by atoms with Gasteiger partial charge in [0.25, 0.3) is 5.91 Å². The molecule has 3 aromatic rings. The van der Waals surface area contributed by atoms with Crippen molar-refractivity contribution in [2.45, 2.75) is 50.4 Å². The van der Waals surface area contributed by atoms with E-state index < -0.39 is 0 Å². The van der Waals surface area contributed by atoms with Crippen LogP contribution in [0, 0.1) is 0 Å². The van der Waals surface area contributed by atoms with Gasteiger partial charge >= 0.3 is 0 Å². The van der Waals surface area contributed by atoms with Crippen molar-refractivity contribution in [2.75, 3.05) is 6.54 Å². The lowest BCUT2D eigenvalue weighted by Crippen LogP contribution is -2.39. The fraction of sp³-hybridized carbons (Fsp3) is 0.333. The van der Waals surface area contributed by atoms with Crippen LogP contribution in [0.3, 0.4) is 0 Å². The Hall–Kier alpha value is -2.96. The molecule has 2 aliphatic rings. The van der Waals surface area contributed by atoms with Gasteiger partial charge < -0.3 is 10.6 Å². The first-order valence-corrected chi connectivity index (χ1v) is 12.6. The van der Waals surface area contributed by atoms with Crippen LogP contribution in [0.4, 0.5) is 0 Å². The van der Waals surface area contributed by atoms with E-state index in [0.717, 1.165) is 41.7 Å². The molecule has 5 rings (SSSR count). The second-order valence-corrected chi connectivity index (χ2v) is 9.99. The van der Waals surface area contributed by atoms with E-state index >= 15 is 0 Å². The van der Waals surface area contributed by atoms with E-state index in [-0.39, 0.29) is 17.9 Å². The largest absolute Gasteiger partial charge is 0.349 e. The van der Waals surface area contributed by atoms with Gasteiger partial charge in [0.2, 0.25) is 5.91 Å². The molecule has 1 unspecified atom stereocenters. The van der Waals surface area contributed by atoms with E-state index in [0.29, 0.717) is 30.7 Å². The average Bonchev–Trinajstić information content (AvgIpc) is 3.77. The first kappa shape index (κ1) is 21.9. The summed E-state index contributed by atoms with van der Waals surface area (Å²) in [5, 5.41) is 8.33. The number of carbonyl (C=O) groups excluding carboxylic acids is 2. The molecule has 0 saturated heterocycles. The Morgan fingerprint density at radius 2 is 1.70 bits per heavy atom. The highest BCUT2D eigenvalue weighted by Gasteiger charge is 2.31. The molecule has 170 valence electrons. The van der Waals surface area contributed by atoms with Crippen LogP contribution in [-0.2, 0) is 11.3 Å². The van der Waals surface area contributed by atoms with Gasteiger partial charge in [0, 0.05) is 29.1 Å². The van der Waals surface area contributed by atoms with Gasteiger partial charge in [-0.25, -0.2) is 0 Å². The lowest BCUT2D eigenvalue weighted by atomic mass is 10.1. The zero-order valence-corrected chi connectivity index (χ0v) is 19.4. The molecule has 2 amide bonds. The number of hydrogen-bond donors (Lipinski definition) is 2. The molecule has 0 radical (unpaired) electrons. The number of carbonyl (C=O) groups is 2. The van der Waals surface area contributed by atoms with Gasteiger partial charge in [-0.05, 0) is 60.4 Å². The third kappa shape index (κ3) is 5.89. The van der Waals surface area contributed by atoms with Crippen molar-refractivity contribution in [3.05, 3.63) is 93.7 Å². The van der Waals surface area contributed by atoms with Gasteiger partial charge in [-0.2, -0.15) is 0 Å². The summed E-state index contributed by atoms with van der Waals surface area (Å²) < 4.78 is 0. The minimum absolute atomic E-state index is 0.00278. The van der Waals surface area contributed by atoms with E-state index in [1.54, 1.807) is 11.3 Å². The molecule has 2 aliphatic carbocycles. The molecule has 1 heterocycles. The van der Waals surface area contributed by atoms with Crippen molar-refractivity contribution >= 4 is 23.2 Å². The van der Waals surface area contributed by atoms with Crippen LogP contribution < -0.4 is 10.6 Å². The van der Waals surface area contributed by atoms with Crippen molar-refractivity contribution in [2.24, 2.45) is 0 Å². The number of rotatable bonds is 10. The summed E-state index contributed by atoms with van der Waals surface area (Å²) in [5.74, 6) is 0.0348. The van der Waals surface area contributed by atoms with Crippen LogP contribution in [0.25, 0.3) is 0 Å². The van der Waals surface area contributed by atoms with Crippen molar-refractivity contribution in [1.82, 2.24) is 15.5 Å². The fourth-order valence-corrected chi connectivity index (χ4v) is 4.86. The zero-order valence-electron chi connectivity index (χ0n) is 18.6. The van der Waals surface area contributed by atoms with E-state index in [2.05, 4.69) is 33.7 Å². The molecule has 2 fully saturated rings. The molecule has 6 heteroatoms. The molecule has 0 aliphatic heterocycles. The van der Waals surface area contributed by atoms with E-state index in [4.69, 9.17) is 0 Å². The number of hydrogen-bond acceptors (Lipinski definition) is 4. The molecule has 1 aromatic heterocycles. The molecule has 2 aromatic carbocycles. The normalized spacial score (nSPS) is 16.4. The van der Waals surface area contributed by atoms with E-state index in [9.17, 15) is 9.59 Å². The van der Waals surface area contributed by atoms with Gasteiger partial charge in [-0.1, -0.05) is 48.5 Å². The number of amides is 2. The van der Waals surface area contributed by atoms with Crippen LogP contribution >= 0.6 is 11.3 Å². The summed E-state index contributed by atoms with van der Waals surface area (Å²) in [6.07, 6.45) is 4.42. The molecular weight excluding hydrogens is 430 g/mol. The van der Waals surface area contributed by atoms with Gasteiger partial charge in [-0.15, -0.1) is 11.3 Å². The highest BCUT2D eigenvalue weighted by molar-refractivity contribution is 7.10. The lowest BCUT2D eigenvalue weighted by Gasteiger charge is -2.24. The maximum atomic E-state index is 13.1. The number of thiophene rings is 1. The quantitative estimate of drug-likeness (QED) is 0.469. The SMILES string of the molecule is O=C(CN(Cc1ccc(C(=O)NC2CC2)cc1)C1CC1)NC(c1ccccc1)c1cccs1. The zero-order chi connectivity index (χ0) is 22.6. The molecule has 2 N–H and O–H groups in total. The first-order valence-electron chi connectivity index (χ1n) is 11.7. The van der Waals surface area contributed by atoms with Gasteiger partial charge in [0.1, 0.15) is 0 Å². The summed E-state index contributed by atoms with van der Waals surface area (Å²) in [5.41, 5.74) is 2.91. The van der Waals surface area contributed by atoms with Crippen LogP contribution in [0.5, 0.6) is 0 Å². The van der Waals surface area contributed by atoms with Gasteiger partial charge in [0.05, 0.1) is 12.6 Å². The van der Waals surface area contributed by atoms with Gasteiger partial charge in [-0.3, -0.25) is 14.5 Å². The van der Waals surface area contributed by atoms with Crippen molar-refractivity contribution in [1.29, 1.82) is 0 Å². The molecule has 33 heavy (non-hydrogen) atoms. The van der Waals surface area contributed by atoms with Crippen molar-refractivity contribution in [3.8, 4) is 0 Å². The Morgan fingerprint density at radius 3 is 2.33 bits per heavy atom. The Labute approximate surface area is 198 Å². The molecule has 1 atom stereocenters. The first-order chi connectivity index (χ1) is 16.2. The minimum atomic E-state index is -0.135. The number of nitrogens with one attached hydrogen (secondary N) is 2. The third-order valence-corrected chi connectivity index (χ3v) is 7.13. The third-order valence-electron chi connectivity index (χ3n) is 6.19. The average molecular weight is 460 g/mol. The summed E-state index contributed by atoms with van der Waals surface area (Å²) >= 11 is 1.66.